The van der Waals surface area contributed by atoms with Crippen molar-refractivity contribution in [1.82, 2.24) is 0 Å². The molecule has 0 saturated heterocycles. The van der Waals surface area contributed by atoms with Crippen LogP contribution in [-0.2, 0) is 9.53 Å². The molecule has 0 aliphatic rings. The lowest BCUT2D eigenvalue weighted by molar-refractivity contribution is -0.160. The third kappa shape index (κ3) is 4.01. The summed E-state index contributed by atoms with van der Waals surface area (Å²) in [6.07, 6.45) is -0.962. The Labute approximate surface area is 141 Å². The Balaban J connectivity index is 2.61. The number of aliphatic carboxylic acids is 1. The van der Waals surface area contributed by atoms with Gasteiger partial charge < -0.3 is 9.84 Å². The summed E-state index contributed by atoms with van der Waals surface area (Å²) >= 11 is 1.62. The van der Waals surface area contributed by atoms with Crippen molar-refractivity contribution in [2.24, 2.45) is 0 Å². The largest absolute Gasteiger partial charge is 0.479 e. The highest BCUT2D eigenvalue weighted by atomic mass is 32.1. The lowest BCUT2D eigenvalue weighted by Gasteiger charge is -2.26. The Morgan fingerprint density at radius 3 is 2.13 bits per heavy atom. The van der Waals surface area contributed by atoms with Crippen LogP contribution in [0.5, 0.6) is 0 Å². The maximum Gasteiger partial charge on any atom is 0.337 e. The first-order valence-electron chi connectivity index (χ1n) is 7.67. The molecule has 3 nitrogen and oxygen atoms in total. The predicted molar refractivity (Wildman–Crippen MR) is 95.2 cm³/mol. The molecule has 0 aliphatic carbocycles. The quantitative estimate of drug-likeness (QED) is 0.828. The van der Waals surface area contributed by atoms with Crippen molar-refractivity contribution in [2.45, 2.75) is 53.2 Å². The number of carboxylic acids is 1. The average molecular weight is 332 g/mol. The van der Waals surface area contributed by atoms with Gasteiger partial charge in [0.2, 0.25) is 0 Å². The number of hydrogen-bond acceptors (Lipinski definition) is 3. The van der Waals surface area contributed by atoms with Gasteiger partial charge in [-0.2, -0.15) is 0 Å². The third-order valence-electron chi connectivity index (χ3n) is 3.61. The summed E-state index contributed by atoms with van der Waals surface area (Å²) in [5.74, 6) is -0.950. The zero-order valence-corrected chi connectivity index (χ0v) is 15.4. The summed E-state index contributed by atoms with van der Waals surface area (Å²) in [7, 11) is 0. The minimum absolute atomic E-state index is 0.532. The zero-order chi connectivity index (χ0) is 17.4. The van der Waals surface area contributed by atoms with Gasteiger partial charge in [-0.15, -0.1) is 11.3 Å². The molecule has 124 valence electrons. The molecule has 1 unspecified atom stereocenters. The monoisotopic (exact) mass is 332 g/mol. The van der Waals surface area contributed by atoms with E-state index in [-0.39, 0.29) is 0 Å². The van der Waals surface area contributed by atoms with Gasteiger partial charge in [0.1, 0.15) is 0 Å². The Morgan fingerprint density at radius 2 is 1.65 bits per heavy atom. The minimum atomic E-state index is -0.962. The molecule has 0 radical (unpaired) electrons. The van der Waals surface area contributed by atoms with E-state index in [4.69, 9.17) is 4.74 Å². The molecule has 4 heteroatoms. The number of carbonyl (C=O) groups is 1. The first kappa shape index (κ1) is 17.7. The van der Waals surface area contributed by atoms with E-state index in [1.807, 2.05) is 65.8 Å². The molecule has 0 bridgehead atoms. The summed E-state index contributed by atoms with van der Waals surface area (Å²) in [5, 5.41) is 9.72. The predicted octanol–water partition coefficient (Wildman–Crippen LogP) is 5.28. The van der Waals surface area contributed by atoms with Crippen molar-refractivity contribution in [1.29, 1.82) is 0 Å². The maximum atomic E-state index is 11.9. The molecule has 1 atom stereocenters. The molecule has 1 heterocycles. The molecule has 0 spiro atoms. The summed E-state index contributed by atoms with van der Waals surface area (Å²) in [4.78, 5) is 14.0. The number of carboxylic acid groups (broad SMARTS) is 1. The van der Waals surface area contributed by atoms with Crippen LogP contribution in [0.1, 0.15) is 47.8 Å². The van der Waals surface area contributed by atoms with Crippen LogP contribution < -0.4 is 0 Å². The van der Waals surface area contributed by atoms with E-state index in [0.29, 0.717) is 0 Å². The number of hydrogen-bond donors (Lipinski definition) is 1. The molecule has 1 aromatic carbocycles. The van der Waals surface area contributed by atoms with Gasteiger partial charge in [-0.05, 0) is 47.1 Å². The smallest absolute Gasteiger partial charge is 0.337 e. The van der Waals surface area contributed by atoms with Crippen LogP contribution in [0, 0.1) is 20.8 Å². The third-order valence-corrected chi connectivity index (χ3v) is 4.64. The summed E-state index contributed by atoms with van der Waals surface area (Å²) < 4.78 is 5.87. The second kappa shape index (κ2) is 6.46. The summed E-state index contributed by atoms with van der Waals surface area (Å²) in [6.45, 7) is 11.7. The Morgan fingerprint density at radius 1 is 1.09 bits per heavy atom. The maximum absolute atomic E-state index is 11.9. The molecule has 0 amide bonds. The van der Waals surface area contributed by atoms with E-state index in [9.17, 15) is 9.90 Å². The van der Waals surface area contributed by atoms with E-state index >= 15 is 0 Å². The summed E-state index contributed by atoms with van der Waals surface area (Å²) in [5.41, 5.74) is 3.45. The van der Waals surface area contributed by atoms with Gasteiger partial charge in [0.05, 0.1) is 5.60 Å². The van der Waals surface area contributed by atoms with Crippen LogP contribution in [0.25, 0.3) is 11.1 Å². The summed E-state index contributed by atoms with van der Waals surface area (Å²) in [6, 6.07) is 8.19. The van der Waals surface area contributed by atoms with E-state index < -0.39 is 17.7 Å². The lowest BCUT2D eigenvalue weighted by Crippen LogP contribution is -2.27. The van der Waals surface area contributed by atoms with E-state index in [1.54, 1.807) is 11.3 Å². The standard InChI is InChI=1S/C19H24O3S/c1-11-7-9-14(10-8-11)15-12(2)23-13(3)16(15)17(18(20)21)22-19(4,5)6/h7-10,17H,1-6H3,(H,20,21). The van der Waals surface area contributed by atoms with Gasteiger partial charge in [0.15, 0.2) is 6.10 Å². The van der Waals surface area contributed by atoms with Crippen LogP contribution in [0.4, 0.5) is 0 Å². The first-order chi connectivity index (χ1) is 10.6. The van der Waals surface area contributed by atoms with Crippen LogP contribution in [0.3, 0.4) is 0 Å². The van der Waals surface area contributed by atoms with Crippen LogP contribution >= 0.6 is 11.3 Å². The zero-order valence-electron chi connectivity index (χ0n) is 14.6. The van der Waals surface area contributed by atoms with Gasteiger partial charge >= 0.3 is 5.97 Å². The number of thiophene rings is 1. The normalized spacial score (nSPS) is 13.1. The number of benzene rings is 1. The highest BCUT2D eigenvalue weighted by Gasteiger charge is 2.32. The van der Waals surface area contributed by atoms with Crippen molar-refractivity contribution < 1.29 is 14.6 Å². The van der Waals surface area contributed by atoms with Gasteiger partial charge in [-0.1, -0.05) is 29.8 Å². The molecule has 0 fully saturated rings. The second-order valence-electron chi connectivity index (χ2n) is 6.82. The SMILES string of the molecule is Cc1ccc(-c2c(C)sc(C)c2C(OC(C)(C)C)C(=O)O)cc1. The van der Waals surface area contributed by atoms with Crippen LogP contribution in [-0.4, -0.2) is 16.7 Å². The fraction of sp³-hybridized carbons (Fsp3) is 0.421. The van der Waals surface area contributed by atoms with Crippen molar-refractivity contribution >= 4 is 17.3 Å². The van der Waals surface area contributed by atoms with Crippen LogP contribution in [0.2, 0.25) is 0 Å². The molecule has 2 aromatic rings. The van der Waals surface area contributed by atoms with Gasteiger partial charge in [0.25, 0.3) is 0 Å². The fourth-order valence-electron chi connectivity index (χ4n) is 2.68. The van der Waals surface area contributed by atoms with Crippen molar-refractivity contribution in [3.8, 4) is 11.1 Å². The van der Waals surface area contributed by atoms with Gasteiger partial charge in [0, 0.05) is 20.9 Å². The van der Waals surface area contributed by atoms with Gasteiger partial charge in [-0.25, -0.2) is 4.79 Å². The molecule has 1 aromatic heterocycles. The highest BCUT2D eigenvalue weighted by molar-refractivity contribution is 7.12. The minimum Gasteiger partial charge on any atom is -0.479 e. The second-order valence-corrected chi connectivity index (χ2v) is 8.25. The number of ether oxygens (including phenoxy) is 1. The fourth-order valence-corrected chi connectivity index (χ4v) is 3.79. The molecule has 23 heavy (non-hydrogen) atoms. The van der Waals surface area contributed by atoms with Crippen molar-refractivity contribution in [3.05, 3.63) is 45.1 Å². The molecular weight excluding hydrogens is 308 g/mol. The lowest BCUT2D eigenvalue weighted by atomic mass is 9.95. The van der Waals surface area contributed by atoms with Crippen LogP contribution in [0.15, 0.2) is 24.3 Å². The average Bonchev–Trinajstić information content (AvgIpc) is 2.70. The van der Waals surface area contributed by atoms with E-state index in [2.05, 4.69) is 0 Å². The molecule has 0 aliphatic heterocycles. The van der Waals surface area contributed by atoms with Gasteiger partial charge in [-0.3, -0.25) is 0 Å². The first-order valence-corrected chi connectivity index (χ1v) is 8.49. The van der Waals surface area contributed by atoms with Crippen molar-refractivity contribution in [3.63, 3.8) is 0 Å². The highest BCUT2D eigenvalue weighted by Crippen LogP contribution is 2.42. The topological polar surface area (TPSA) is 46.5 Å². The van der Waals surface area contributed by atoms with E-state index in [0.717, 1.165) is 26.4 Å². The Kier molecular flexibility index (Phi) is 4.97. The Bertz CT molecular complexity index is 705. The molecular formula is C19H24O3S. The number of aryl methyl sites for hydroxylation is 3. The molecule has 2 rings (SSSR count). The number of rotatable bonds is 4. The molecule has 0 saturated carbocycles. The Hall–Kier alpha value is -1.65. The van der Waals surface area contributed by atoms with Crippen molar-refractivity contribution in [2.75, 3.05) is 0 Å². The molecule has 1 N–H and O–H groups in total. The van der Waals surface area contributed by atoms with E-state index in [1.165, 1.54) is 5.56 Å².